The molecule has 0 saturated carbocycles. The summed E-state index contributed by atoms with van der Waals surface area (Å²) in [6.07, 6.45) is 0.194. The Morgan fingerprint density at radius 1 is 1.04 bits per heavy atom. The minimum atomic E-state index is -0.666. The van der Waals surface area contributed by atoms with Crippen molar-refractivity contribution in [2.45, 2.75) is 13.3 Å². The van der Waals surface area contributed by atoms with Gasteiger partial charge in [0, 0.05) is 13.0 Å². The van der Waals surface area contributed by atoms with Crippen molar-refractivity contribution in [2.24, 2.45) is 0 Å². The number of esters is 2. The number of Topliss-reactive ketones (excluding diaryl/α,β-unsaturated/α-hetero) is 1. The maximum atomic E-state index is 11.8. The number of benzene rings is 1. The van der Waals surface area contributed by atoms with Crippen LogP contribution in [0.2, 0.25) is 0 Å². The number of ether oxygens (including phenoxy) is 2. The molecule has 0 aliphatic carbocycles. The number of amides is 2. The highest BCUT2D eigenvalue weighted by Crippen LogP contribution is 2.19. The normalized spacial score (nSPS) is 9.70. The second-order valence-corrected chi connectivity index (χ2v) is 4.58. The molecular formula is C15H18N2O6. The average molecular weight is 322 g/mol. The van der Waals surface area contributed by atoms with E-state index in [9.17, 15) is 19.2 Å². The molecule has 0 radical (unpaired) electrons. The van der Waals surface area contributed by atoms with Gasteiger partial charge in [-0.1, -0.05) is 0 Å². The van der Waals surface area contributed by atoms with Crippen LogP contribution in [0.3, 0.4) is 0 Å². The van der Waals surface area contributed by atoms with Crippen LogP contribution >= 0.6 is 0 Å². The highest BCUT2D eigenvalue weighted by atomic mass is 16.5. The molecule has 124 valence electrons. The molecule has 0 aromatic heterocycles. The van der Waals surface area contributed by atoms with E-state index in [1.54, 1.807) is 0 Å². The van der Waals surface area contributed by atoms with Crippen LogP contribution < -0.4 is 10.6 Å². The number of methoxy groups -OCH3 is 2. The Labute approximate surface area is 133 Å². The van der Waals surface area contributed by atoms with Crippen molar-refractivity contribution in [3.05, 3.63) is 29.3 Å². The number of hydrogen-bond acceptors (Lipinski definition) is 6. The summed E-state index contributed by atoms with van der Waals surface area (Å²) in [5.41, 5.74) is 0.348. The zero-order valence-corrected chi connectivity index (χ0v) is 13.1. The van der Waals surface area contributed by atoms with Crippen molar-refractivity contribution >= 4 is 29.4 Å². The number of hydrogen-bond donors (Lipinski definition) is 2. The molecule has 0 aliphatic heterocycles. The van der Waals surface area contributed by atoms with Gasteiger partial charge in [-0.2, -0.15) is 0 Å². The van der Waals surface area contributed by atoms with E-state index in [0.717, 1.165) is 0 Å². The van der Waals surface area contributed by atoms with Crippen molar-refractivity contribution in [1.29, 1.82) is 0 Å². The molecule has 1 aromatic carbocycles. The first-order valence-corrected chi connectivity index (χ1v) is 6.74. The monoisotopic (exact) mass is 322 g/mol. The number of anilines is 1. The van der Waals surface area contributed by atoms with Crippen molar-refractivity contribution in [3.63, 3.8) is 0 Å². The number of rotatable bonds is 6. The third-order valence-electron chi connectivity index (χ3n) is 2.86. The molecule has 8 nitrogen and oxygen atoms in total. The van der Waals surface area contributed by atoms with Gasteiger partial charge in [0.25, 0.3) is 0 Å². The summed E-state index contributed by atoms with van der Waals surface area (Å²) >= 11 is 0. The quantitative estimate of drug-likeness (QED) is 0.765. The molecular weight excluding hydrogens is 304 g/mol. The van der Waals surface area contributed by atoms with Gasteiger partial charge in [0.05, 0.1) is 31.0 Å². The van der Waals surface area contributed by atoms with E-state index >= 15 is 0 Å². The van der Waals surface area contributed by atoms with E-state index in [2.05, 4.69) is 20.1 Å². The highest BCUT2D eigenvalue weighted by molar-refractivity contribution is 6.03. The van der Waals surface area contributed by atoms with Crippen LogP contribution in [-0.4, -0.2) is 44.5 Å². The number of urea groups is 1. The zero-order valence-electron chi connectivity index (χ0n) is 13.1. The van der Waals surface area contributed by atoms with E-state index in [-0.39, 0.29) is 35.6 Å². The van der Waals surface area contributed by atoms with Gasteiger partial charge in [-0.05, 0) is 25.1 Å². The lowest BCUT2D eigenvalue weighted by Crippen LogP contribution is -2.31. The summed E-state index contributed by atoms with van der Waals surface area (Å²) in [6, 6.07) is 3.43. The fraction of sp³-hybridized carbons (Fsp3) is 0.333. The summed E-state index contributed by atoms with van der Waals surface area (Å²) in [7, 11) is 2.42. The van der Waals surface area contributed by atoms with Crippen LogP contribution in [0.25, 0.3) is 0 Å². The standard InChI is InChI=1S/C15H18N2O6/c1-9(18)6-7-16-15(21)17-12-8-10(13(19)22-2)4-5-11(12)14(20)23-3/h4-5,8H,6-7H2,1-3H3,(H2,16,17,21). The van der Waals surface area contributed by atoms with Gasteiger partial charge in [-0.15, -0.1) is 0 Å². The van der Waals surface area contributed by atoms with Crippen LogP contribution in [0.5, 0.6) is 0 Å². The molecule has 0 saturated heterocycles. The average Bonchev–Trinajstić information content (AvgIpc) is 2.52. The van der Waals surface area contributed by atoms with Crippen molar-refractivity contribution in [3.8, 4) is 0 Å². The summed E-state index contributed by atoms with van der Waals surface area (Å²) in [5.74, 6) is -1.34. The lowest BCUT2D eigenvalue weighted by molar-refractivity contribution is -0.116. The Bertz CT molecular complexity index is 626. The van der Waals surface area contributed by atoms with Gasteiger partial charge >= 0.3 is 18.0 Å². The first-order chi connectivity index (χ1) is 10.9. The Morgan fingerprint density at radius 3 is 2.26 bits per heavy atom. The summed E-state index contributed by atoms with van der Waals surface area (Å²) in [6.45, 7) is 1.57. The SMILES string of the molecule is COC(=O)c1ccc(C(=O)OC)c(NC(=O)NCCC(C)=O)c1. The summed E-state index contributed by atoms with van der Waals surface area (Å²) in [5, 5.41) is 4.92. The van der Waals surface area contributed by atoms with E-state index < -0.39 is 18.0 Å². The van der Waals surface area contributed by atoms with Gasteiger partial charge in [0.2, 0.25) is 0 Å². The molecule has 0 fully saturated rings. The molecule has 0 spiro atoms. The Balaban J connectivity index is 2.95. The lowest BCUT2D eigenvalue weighted by Gasteiger charge is -2.12. The molecule has 0 bridgehead atoms. The maximum absolute atomic E-state index is 11.8. The molecule has 1 aromatic rings. The number of ketones is 1. The molecule has 0 atom stereocenters. The van der Waals surface area contributed by atoms with Crippen molar-refractivity contribution < 1.29 is 28.7 Å². The number of carbonyl (C=O) groups is 4. The van der Waals surface area contributed by atoms with Crippen LogP contribution in [0.4, 0.5) is 10.5 Å². The Morgan fingerprint density at radius 2 is 1.70 bits per heavy atom. The highest BCUT2D eigenvalue weighted by Gasteiger charge is 2.17. The fourth-order valence-corrected chi connectivity index (χ4v) is 1.70. The Kier molecular flexibility index (Phi) is 6.72. The largest absolute Gasteiger partial charge is 0.465 e. The maximum Gasteiger partial charge on any atom is 0.339 e. The molecule has 0 aliphatic rings. The minimum Gasteiger partial charge on any atom is -0.465 e. The van der Waals surface area contributed by atoms with E-state index in [1.165, 1.54) is 39.3 Å². The Hall–Kier alpha value is -2.90. The third kappa shape index (κ3) is 5.42. The molecule has 2 amide bonds. The van der Waals surface area contributed by atoms with Gasteiger partial charge in [0.1, 0.15) is 5.78 Å². The van der Waals surface area contributed by atoms with E-state index in [1.807, 2.05) is 0 Å². The minimum absolute atomic E-state index is 0.0618. The lowest BCUT2D eigenvalue weighted by atomic mass is 10.1. The number of nitrogens with one attached hydrogen (secondary N) is 2. The van der Waals surface area contributed by atoms with Gasteiger partial charge in [0.15, 0.2) is 0 Å². The zero-order chi connectivity index (χ0) is 17.4. The first-order valence-electron chi connectivity index (χ1n) is 6.74. The molecule has 1 rings (SSSR count). The molecule has 0 heterocycles. The summed E-state index contributed by atoms with van der Waals surface area (Å²) in [4.78, 5) is 45.9. The second kappa shape index (κ2) is 8.52. The van der Waals surface area contributed by atoms with Crippen molar-refractivity contribution in [1.82, 2.24) is 5.32 Å². The van der Waals surface area contributed by atoms with Gasteiger partial charge in [-0.3, -0.25) is 4.79 Å². The van der Waals surface area contributed by atoms with Crippen LogP contribution in [0.1, 0.15) is 34.1 Å². The topological polar surface area (TPSA) is 111 Å². The number of carbonyl (C=O) groups excluding carboxylic acids is 4. The molecule has 0 unspecified atom stereocenters. The molecule has 8 heteroatoms. The predicted octanol–water partition coefficient (Wildman–Crippen LogP) is 1.36. The molecule has 23 heavy (non-hydrogen) atoms. The van der Waals surface area contributed by atoms with E-state index in [4.69, 9.17) is 0 Å². The smallest absolute Gasteiger partial charge is 0.339 e. The second-order valence-electron chi connectivity index (χ2n) is 4.58. The van der Waals surface area contributed by atoms with Gasteiger partial charge in [-0.25, -0.2) is 14.4 Å². The van der Waals surface area contributed by atoms with E-state index in [0.29, 0.717) is 0 Å². The van der Waals surface area contributed by atoms with Crippen LogP contribution in [-0.2, 0) is 14.3 Å². The fourth-order valence-electron chi connectivity index (χ4n) is 1.70. The van der Waals surface area contributed by atoms with Gasteiger partial charge < -0.3 is 20.1 Å². The molecule has 2 N–H and O–H groups in total. The third-order valence-corrected chi connectivity index (χ3v) is 2.86. The van der Waals surface area contributed by atoms with Crippen molar-refractivity contribution in [2.75, 3.05) is 26.1 Å². The van der Waals surface area contributed by atoms with Crippen LogP contribution in [0, 0.1) is 0 Å². The van der Waals surface area contributed by atoms with Crippen LogP contribution in [0.15, 0.2) is 18.2 Å². The summed E-state index contributed by atoms with van der Waals surface area (Å²) < 4.78 is 9.22. The predicted molar refractivity (Wildman–Crippen MR) is 81.4 cm³/mol. The first kappa shape index (κ1) is 18.1.